The van der Waals surface area contributed by atoms with Crippen molar-refractivity contribution >= 4 is 44.9 Å². The number of anilines is 1. The number of H-pyrrole nitrogens is 1. The first-order valence-corrected chi connectivity index (χ1v) is 12.3. The summed E-state index contributed by atoms with van der Waals surface area (Å²) >= 11 is 2.89. The van der Waals surface area contributed by atoms with Crippen molar-refractivity contribution in [3.05, 3.63) is 86.8 Å². The number of hydrogen-bond donors (Lipinski definition) is 1. The van der Waals surface area contributed by atoms with E-state index in [1.54, 1.807) is 23.2 Å². The predicted octanol–water partition coefficient (Wildman–Crippen LogP) is 4.99. The van der Waals surface area contributed by atoms with Gasteiger partial charge in [-0.1, -0.05) is 6.07 Å². The van der Waals surface area contributed by atoms with Crippen molar-refractivity contribution in [3.8, 4) is 0 Å². The van der Waals surface area contributed by atoms with Crippen LogP contribution in [0.3, 0.4) is 0 Å². The van der Waals surface area contributed by atoms with E-state index in [1.165, 1.54) is 35.2 Å². The number of pyridine rings is 1. The molecule has 9 heteroatoms. The highest BCUT2D eigenvalue weighted by Gasteiger charge is 2.24. The maximum Gasteiger partial charge on any atom is 0.259 e. The first-order chi connectivity index (χ1) is 15.8. The number of nitrogens with one attached hydrogen (secondary N) is 1. The molecule has 170 valence electrons. The molecular formula is C24H23FN4O2S2. The number of thioether (sulfide) groups is 1. The highest BCUT2D eigenvalue weighted by Crippen LogP contribution is 2.27. The lowest BCUT2D eigenvalue weighted by atomic mass is 10.2. The predicted molar refractivity (Wildman–Crippen MR) is 132 cm³/mol. The Balaban J connectivity index is 1.53. The summed E-state index contributed by atoms with van der Waals surface area (Å²) in [5.41, 5.74) is 2.12. The van der Waals surface area contributed by atoms with Crippen LogP contribution in [0.1, 0.15) is 28.9 Å². The van der Waals surface area contributed by atoms with E-state index in [-0.39, 0.29) is 23.8 Å². The van der Waals surface area contributed by atoms with Crippen molar-refractivity contribution in [2.45, 2.75) is 38.3 Å². The number of carbonyl (C=O) groups excluding carboxylic acids is 1. The molecule has 0 saturated carbocycles. The molecule has 3 aromatic heterocycles. The number of thiophene rings is 1. The first-order valence-electron chi connectivity index (χ1n) is 10.4. The number of hydrogen-bond acceptors (Lipinski definition) is 6. The third kappa shape index (κ3) is 5.15. The van der Waals surface area contributed by atoms with Crippen LogP contribution < -0.4 is 10.5 Å². The molecule has 3 heterocycles. The second kappa shape index (κ2) is 9.84. The van der Waals surface area contributed by atoms with Gasteiger partial charge in [0.05, 0.1) is 28.6 Å². The van der Waals surface area contributed by atoms with E-state index in [2.05, 4.69) is 15.0 Å². The molecule has 0 bridgehead atoms. The highest BCUT2D eigenvalue weighted by atomic mass is 32.2. The van der Waals surface area contributed by atoms with Gasteiger partial charge in [-0.15, -0.1) is 23.1 Å². The van der Waals surface area contributed by atoms with E-state index in [9.17, 15) is 14.0 Å². The summed E-state index contributed by atoms with van der Waals surface area (Å²) in [5.74, 6) is 0.422. The molecule has 1 N–H and O–H groups in total. The third-order valence-corrected chi connectivity index (χ3v) is 7.60. The number of benzene rings is 1. The van der Waals surface area contributed by atoms with Crippen LogP contribution in [-0.2, 0) is 17.1 Å². The number of rotatable bonds is 7. The number of amides is 1. The zero-order valence-electron chi connectivity index (χ0n) is 18.5. The summed E-state index contributed by atoms with van der Waals surface area (Å²) in [6, 6.07) is 11.4. The average molecular weight is 483 g/mol. The molecule has 0 saturated heterocycles. The summed E-state index contributed by atoms with van der Waals surface area (Å²) in [7, 11) is 0. The van der Waals surface area contributed by atoms with Crippen LogP contribution in [0.2, 0.25) is 0 Å². The fraction of sp³-hybridized carbons (Fsp3) is 0.250. The third-order valence-electron chi connectivity index (χ3n) is 5.36. The Bertz CT molecular complexity index is 1340. The zero-order valence-corrected chi connectivity index (χ0v) is 20.1. The van der Waals surface area contributed by atoms with E-state index < -0.39 is 5.25 Å². The van der Waals surface area contributed by atoms with Crippen molar-refractivity contribution in [2.24, 2.45) is 0 Å². The maximum absolute atomic E-state index is 13.5. The van der Waals surface area contributed by atoms with Gasteiger partial charge in [0.2, 0.25) is 5.91 Å². The Morgan fingerprint density at radius 3 is 2.67 bits per heavy atom. The molecule has 0 fully saturated rings. The number of aromatic nitrogens is 3. The van der Waals surface area contributed by atoms with E-state index in [0.717, 1.165) is 16.1 Å². The van der Waals surface area contributed by atoms with Gasteiger partial charge in [0.1, 0.15) is 16.5 Å². The highest BCUT2D eigenvalue weighted by molar-refractivity contribution is 7.99. The average Bonchev–Trinajstić information content (AvgIpc) is 3.10. The van der Waals surface area contributed by atoms with E-state index in [1.807, 2.05) is 39.0 Å². The number of carbonyl (C=O) groups is 1. The van der Waals surface area contributed by atoms with Gasteiger partial charge in [0, 0.05) is 16.8 Å². The van der Waals surface area contributed by atoms with Crippen LogP contribution in [0.15, 0.2) is 53.5 Å². The van der Waals surface area contributed by atoms with Crippen molar-refractivity contribution in [3.63, 3.8) is 0 Å². The van der Waals surface area contributed by atoms with Gasteiger partial charge in [-0.05, 0) is 62.7 Å². The molecule has 1 unspecified atom stereocenters. The Labute approximate surface area is 198 Å². The molecule has 4 aromatic rings. The lowest BCUT2D eigenvalue weighted by molar-refractivity contribution is -0.118. The second-order valence-electron chi connectivity index (χ2n) is 7.65. The number of halogens is 1. The summed E-state index contributed by atoms with van der Waals surface area (Å²) < 4.78 is 13.5. The van der Waals surface area contributed by atoms with Gasteiger partial charge in [0.15, 0.2) is 0 Å². The Morgan fingerprint density at radius 1 is 1.21 bits per heavy atom. The number of aryl methyl sites for hydroxylation is 2. The fourth-order valence-electron chi connectivity index (χ4n) is 3.43. The molecule has 1 amide bonds. The molecule has 0 radical (unpaired) electrons. The smallest absolute Gasteiger partial charge is 0.259 e. The topological polar surface area (TPSA) is 79.0 Å². The van der Waals surface area contributed by atoms with Crippen LogP contribution in [0.4, 0.5) is 10.1 Å². The number of aromatic amines is 1. The Kier molecular flexibility index (Phi) is 6.90. The largest absolute Gasteiger partial charge is 0.309 e. The molecule has 1 atom stereocenters. The van der Waals surface area contributed by atoms with Crippen LogP contribution in [-0.4, -0.2) is 26.1 Å². The van der Waals surface area contributed by atoms with Crippen molar-refractivity contribution < 1.29 is 9.18 Å². The van der Waals surface area contributed by atoms with Crippen LogP contribution in [0, 0.1) is 19.7 Å². The SMILES string of the molecule is Cc1sc2nc(CSC(C)C(=O)N(Cc3ccccn3)c3ccc(F)cc3)[nH]c(=O)c2c1C. The molecule has 0 aliphatic rings. The number of nitrogens with zero attached hydrogens (tertiary/aromatic N) is 3. The molecular weight excluding hydrogens is 459 g/mol. The zero-order chi connectivity index (χ0) is 23.5. The van der Waals surface area contributed by atoms with Crippen LogP contribution in [0.25, 0.3) is 10.2 Å². The maximum atomic E-state index is 13.5. The standard InChI is InChI=1S/C24H23FN4O2S2/c1-14-15(2)33-23-21(14)22(30)27-20(28-23)13-32-16(3)24(31)29(12-18-6-4-5-11-26-18)19-9-7-17(25)8-10-19/h4-11,16H,12-13H2,1-3H3,(H,27,28,30). The quantitative estimate of drug-likeness (QED) is 0.401. The van der Waals surface area contributed by atoms with Gasteiger partial charge in [-0.3, -0.25) is 14.6 Å². The minimum absolute atomic E-state index is 0.136. The van der Waals surface area contributed by atoms with Gasteiger partial charge in [-0.2, -0.15) is 0 Å². The van der Waals surface area contributed by atoms with Crippen molar-refractivity contribution in [2.75, 3.05) is 4.90 Å². The summed E-state index contributed by atoms with van der Waals surface area (Å²) in [4.78, 5) is 41.1. The molecule has 4 rings (SSSR count). The molecule has 0 aliphatic carbocycles. The van der Waals surface area contributed by atoms with E-state index in [0.29, 0.717) is 27.5 Å². The lowest BCUT2D eigenvalue weighted by Crippen LogP contribution is -2.36. The van der Waals surface area contributed by atoms with Gasteiger partial charge < -0.3 is 9.88 Å². The van der Waals surface area contributed by atoms with Crippen LogP contribution >= 0.6 is 23.1 Å². The lowest BCUT2D eigenvalue weighted by Gasteiger charge is -2.25. The minimum Gasteiger partial charge on any atom is -0.309 e. The fourth-order valence-corrected chi connectivity index (χ4v) is 5.30. The number of fused-ring (bicyclic) bond motifs is 1. The summed E-state index contributed by atoms with van der Waals surface area (Å²) in [5, 5.41) is 0.208. The van der Waals surface area contributed by atoms with Gasteiger partial charge >= 0.3 is 0 Å². The molecule has 1 aromatic carbocycles. The van der Waals surface area contributed by atoms with Crippen molar-refractivity contribution in [1.29, 1.82) is 0 Å². The Hall–Kier alpha value is -3.04. The van der Waals surface area contributed by atoms with E-state index >= 15 is 0 Å². The summed E-state index contributed by atoms with van der Waals surface area (Å²) in [6.45, 7) is 5.98. The first kappa shape index (κ1) is 23.1. The molecule has 6 nitrogen and oxygen atoms in total. The normalized spacial score (nSPS) is 12.1. The van der Waals surface area contributed by atoms with E-state index in [4.69, 9.17) is 0 Å². The Morgan fingerprint density at radius 2 is 1.97 bits per heavy atom. The molecule has 0 aliphatic heterocycles. The monoisotopic (exact) mass is 482 g/mol. The summed E-state index contributed by atoms with van der Waals surface area (Å²) in [6.07, 6.45) is 1.67. The van der Waals surface area contributed by atoms with Crippen LogP contribution in [0.5, 0.6) is 0 Å². The van der Waals surface area contributed by atoms with Crippen molar-refractivity contribution in [1.82, 2.24) is 15.0 Å². The van der Waals surface area contributed by atoms with Gasteiger partial charge in [0.25, 0.3) is 5.56 Å². The molecule has 33 heavy (non-hydrogen) atoms. The molecule has 0 spiro atoms. The second-order valence-corrected chi connectivity index (χ2v) is 10.2. The minimum atomic E-state index is -0.424. The van der Waals surface area contributed by atoms with Gasteiger partial charge in [-0.25, -0.2) is 9.37 Å².